The van der Waals surface area contributed by atoms with Crippen molar-refractivity contribution in [2.45, 2.75) is 94.4 Å². The van der Waals surface area contributed by atoms with Crippen LogP contribution in [0.5, 0.6) is 0 Å². The minimum atomic E-state index is -0.848. The van der Waals surface area contributed by atoms with Crippen LogP contribution in [-0.4, -0.2) is 17.3 Å². The van der Waals surface area contributed by atoms with E-state index < -0.39 is 5.41 Å². The van der Waals surface area contributed by atoms with Gasteiger partial charge in [0.15, 0.2) is 17.3 Å². The lowest BCUT2D eigenvalue weighted by atomic mass is 9.42. The summed E-state index contributed by atoms with van der Waals surface area (Å²) in [6, 6.07) is 2.30. The normalized spacial score (nSPS) is 31.4. The molecule has 3 aliphatic rings. The number of hydrogen-bond acceptors (Lipinski definition) is 3. The fourth-order valence-electron chi connectivity index (χ4n) is 7.80. The maximum absolute atomic E-state index is 14.3. The van der Waals surface area contributed by atoms with E-state index in [1.54, 1.807) is 0 Å². The van der Waals surface area contributed by atoms with E-state index in [0.717, 1.165) is 53.5 Å². The maximum Gasteiger partial charge on any atom is 0.190 e. The number of fused-ring (bicyclic) bond motifs is 3. The van der Waals surface area contributed by atoms with E-state index in [1.807, 2.05) is 20.8 Å². The molecule has 0 radical (unpaired) electrons. The van der Waals surface area contributed by atoms with Gasteiger partial charge < -0.3 is 0 Å². The minimum Gasteiger partial charge on any atom is -0.294 e. The minimum absolute atomic E-state index is 0.0971. The Hall–Kier alpha value is -2.29. The van der Waals surface area contributed by atoms with Crippen molar-refractivity contribution in [3.8, 4) is 0 Å². The number of allylic oxidation sites excluding steroid dienone is 4. The molecule has 1 aromatic carbocycles. The topological polar surface area (TPSA) is 51.2 Å². The Morgan fingerprint density at radius 3 is 2.12 bits per heavy atom. The molecule has 4 rings (SSSR count). The Kier molecular flexibility index (Phi) is 5.32. The van der Waals surface area contributed by atoms with Crippen molar-refractivity contribution >= 4 is 17.3 Å². The molecule has 0 bridgehead atoms. The van der Waals surface area contributed by atoms with Crippen molar-refractivity contribution < 1.29 is 14.4 Å². The summed E-state index contributed by atoms with van der Waals surface area (Å²) >= 11 is 0. The number of carbonyl (C=O) groups excluding carboxylic acids is 3. The second kappa shape index (κ2) is 7.35. The first-order chi connectivity index (χ1) is 15.3. The van der Waals surface area contributed by atoms with Crippen molar-refractivity contribution in [3.63, 3.8) is 0 Å². The van der Waals surface area contributed by atoms with Crippen LogP contribution in [0.15, 0.2) is 28.4 Å². The smallest absolute Gasteiger partial charge is 0.190 e. The van der Waals surface area contributed by atoms with Crippen LogP contribution in [0.3, 0.4) is 0 Å². The molecular formula is C30H38O3. The van der Waals surface area contributed by atoms with Crippen LogP contribution in [0.2, 0.25) is 0 Å². The number of Topliss-reactive ketones (excluding diaryl/α,β-unsaturated/α-hetero) is 3. The number of carbonyl (C=O) groups is 3. The van der Waals surface area contributed by atoms with E-state index in [0.29, 0.717) is 12.0 Å². The quantitative estimate of drug-likeness (QED) is 0.500. The van der Waals surface area contributed by atoms with Gasteiger partial charge in [0.2, 0.25) is 0 Å². The monoisotopic (exact) mass is 446 g/mol. The first-order valence-electron chi connectivity index (χ1n) is 12.4. The van der Waals surface area contributed by atoms with Crippen LogP contribution < -0.4 is 0 Å². The number of benzene rings is 1. The van der Waals surface area contributed by atoms with E-state index in [4.69, 9.17) is 0 Å². The lowest BCUT2D eigenvalue weighted by Crippen LogP contribution is -2.57. The summed E-state index contributed by atoms with van der Waals surface area (Å²) in [5.74, 6) is -0.158. The lowest BCUT2D eigenvalue weighted by molar-refractivity contribution is -0.134. The van der Waals surface area contributed by atoms with Crippen LogP contribution in [-0.2, 0) is 28.9 Å². The highest BCUT2D eigenvalue weighted by atomic mass is 16.2. The van der Waals surface area contributed by atoms with Gasteiger partial charge in [-0.15, -0.1) is 0 Å². The SMILES string of the molecule is CCc1cc(CC)c2c(c1C)C(=O)C1=C(C)C3(C)C(=O)C(C(C)=O)=C(C)CC3(C)CC1(C)C2. The third-order valence-electron chi connectivity index (χ3n) is 9.51. The Bertz CT molecular complexity index is 1190. The molecule has 0 saturated carbocycles. The Labute approximate surface area is 198 Å². The van der Waals surface area contributed by atoms with E-state index in [9.17, 15) is 14.4 Å². The first kappa shape index (κ1) is 23.9. The predicted octanol–water partition coefficient (Wildman–Crippen LogP) is 6.48. The van der Waals surface area contributed by atoms with Crippen molar-refractivity contribution in [3.05, 3.63) is 56.2 Å². The van der Waals surface area contributed by atoms with Crippen LogP contribution in [0.25, 0.3) is 0 Å². The van der Waals surface area contributed by atoms with Gasteiger partial charge in [-0.25, -0.2) is 0 Å². The molecule has 3 heteroatoms. The van der Waals surface area contributed by atoms with E-state index in [-0.39, 0.29) is 28.2 Å². The lowest BCUT2D eigenvalue weighted by Gasteiger charge is -2.59. The highest BCUT2D eigenvalue weighted by molar-refractivity contribution is 6.24. The second-order valence-corrected chi connectivity index (χ2v) is 11.5. The highest BCUT2D eigenvalue weighted by Crippen LogP contribution is 2.66. The van der Waals surface area contributed by atoms with Gasteiger partial charge in [0.05, 0.1) is 11.0 Å². The summed E-state index contributed by atoms with van der Waals surface area (Å²) < 4.78 is 0. The Morgan fingerprint density at radius 1 is 0.970 bits per heavy atom. The van der Waals surface area contributed by atoms with Gasteiger partial charge in [-0.2, -0.15) is 0 Å². The Balaban J connectivity index is 2.04. The number of ketones is 3. The summed E-state index contributed by atoms with van der Waals surface area (Å²) in [6.07, 6.45) is 4.11. The fraction of sp³-hybridized carbons (Fsp3) is 0.567. The number of aryl methyl sites for hydroxylation is 2. The molecule has 0 aliphatic heterocycles. The largest absolute Gasteiger partial charge is 0.294 e. The average Bonchev–Trinajstić information content (AvgIpc) is 2.70. The first-order valence-corrected chi connectivity index (χ1v) is 12.4. The molecule has 0 fully saturated rings. The molecule has 1 aromatic rings. The Morgan fingerprint density at radius 2 is 1.58 bits per heavy atom. The molecule has 33 heavy (non-hydrogen) atoms. The molecule has 3 nitrogen and oxygen atoms in total. The molecule has 0 saturated heterocycles. The molecule has 0 heterocycles. The summed E-state index contributed by atoms with van der Waals surface area (Å²) in [6.45, 7) is 18.2. The second-order valence-electron chi connectivity index (χ2n) is 11.5. The molecule has 0 spiro atoms. The van der Waals surface area contributed by atoms with Crippen LogP contribution in [0.1, 0.15) is 101 Å². The van der Waals surface area contributed by atoms with E-state index in [1.165, 1.54) is 23.6 Å². The number of hydrogen-bond donors (Lipinski definition) is 0. The van der Waals surface area contributed by atoms with Crippen LogP contribution in [0.4, 0.5) is 0 Å². The zero-order valence-electron chi connectivity index (χ0n) is 21.8. The summed E-state index contributed by atoms with van der Waals surface area (Å²) in [5.41, 5.74) is 7.13. The van der Waals surface area contributed by atoms with Crippen molar-refractivity contribution in [1.82, 2.24) is 0 Å². The molecule has 0 aromatic heterocycles. The van der Waals surface area contributed by atoms with Gasteiger partial charge in [0, 0.05) is 16.6 Å². The van der Waals surface area contributed by atoms with Crippen LogP contribution in [0, 0.1) is 23.2 Å². The van der Waals surface area contributed by atoms with Gasteiger partial charge in [-0.05, 0) is 94.4 Å². The molecule has 3 atom stereocenters. The van der Waals surface area contributed by atoms with Gasteiger partial charge in [-0.1, -0.05) is 44.9 Å². The molecule has 3 aliphatic carbocycles. The molecule has 0 N–H and O–H groups in total. The number of rotatable bonds is 3. The molecule has 3 unspecified atom stereocenters. The molecule has 176 valence electrons. The van der Waals surface area contributed by atoms with Gasteiger partial charge in [0.25, 0.3) is 0 Å². The standard InChI is InChI=1S/C30H38O3/c1-10-20-12-21(11-2)22-14-28(7)15-29(8)13-16(3)23(19(6)31)27(33)30(29,9)18(5)25(28)26(32)24(22)17(20)4/h12H,10-11,13-15H2,1-9H3. The predicted molar refractivity (Wildman–Crippen MR) is 133 cm³/mol. The van der Waals surface area contributed by atoms with E-state index in [2.05, 4.69) is 40.7 Å². The zero-order valence-corrected chi connectivity index (χ0v) is 21.8. The summed E-state index contributed by atoms with van der Waals surface area (Å²) in [5, 5.41) is 0. The third-order valence-corrected chi connectivity index (χ3v) is 9.51. The zero-order chi connectivity index (χ0) is 24.7. The van der Waals surface area contributed by atoms with Crippen LogP contribution >= 0.6 is 0 Å². The molecule has 0 amide bonds. The van der Waals surface area contributed by atoms with Crippen molar-refractivity contribution in [1.29, 1.82) is 0 Å². The summed E-state index contributed by atoms with van der Waals surface area (Å²) in [7, 11) is 0. The van der Waals surface area contributed by atoms with Gasteiger partial charge >= 0.3 is 0 Å². The third kappa shape index (κ3) is 2.90. The molecular weight excluding hydrogens is 408 g/mol. The van der Waals surface area contributed by atoms with Crippen molar-refractivity contribution in [2.24, 2.45) is 16.2 Å². The van der Waals surface area contributed by atoms with Gasteiger partial charge in [0.1, 0.15) is 0 Å². The van der Waals surface area contributed by atoms with E-state index >= 15 is 0 Å². The summed E-state index contributed by atoms with van der Waals surface area (Å²) in [4.78, 5) is 40.7. The average molecular weight is 447 g/mol. The van der Waals surface area contributed by atoms with Gasteiger partial charge in [-0.3, -0.25) is 14.4 Å². The highest BCUT2D eigenvalue weighted by Gasteiger charge is 2.63. The maximum atomic E-state index is 14.3. The fourth-order valence-corrected chi connectivity index (χ4v) is 7.80. The van der Waals surface area contributed by atoms with Crippen molar-refractivity contribution in [2.75, 3.05) is 0 Å².